The van der Waals surface area contributed by atoms with Crippen LogP contribution in [-0.2, 0) is 6.54 Å². The second-order valence-electron chi connectivity index (χ2n) is 6.97. The van der Waals surface area contributed by atoms with Gasteiger partial charge in [0.15, 0.2) is 0 Å². The third kappa shape index (κ3) is 2.97. The SMILES string of the molecule is [2H]c1c(C=C)c2c(=O)c3ccc(cc4ccc(cc5nc(cc1n2CC)C=C5)[nH]4)[nH]3. The fourth-order valence-electron chi connectivity index (χ4n) is 3.74. The van der Waals surface area contributed by atoms with E-state index >= 15 is 0 Å². The van der Waals surface area contributed by atoms with E-state index in [4.69, 9.17) is 1.37 Å². The molecule has 0 aliphatic carbocycles. The highest BCUT2D eigenvalue weighted by atomic mass is 16.1. The molecule has 4 aromatic heterocycles. The van der Waals surface area contributed by atoms with Gasteiger partial charge in [-0.2, -0.15) is 0 Å². The van der Waals surface area contributed by atoms with Crippen molar-refractivity contribution in [2.75, 3.05) is 0 Å². The van der Waals surface area contributed by atoms with Crippen LogP contribution in [-0.4, -0.2) is 19.5 Å². The number of aromatic nitrogens is 4. The van der Waals surface area contributed by atoms with E-state index in [2.05, 4.69) is 21.5 Å². The lowest BCUT2D eigenvalue weighted by molar-refractivity contribution is 0.823. The van der Waals surface area contributed by atoms with Crippen LogP contribution in [0.3, 0.4) is 0 Å². The largest absolute Gasteiger partial charge is 0.355 e. The van der Waals surface area contributed by atoms with Gasteiger partial charge in [-0.15, -0.1) is 0 Å². The van der Waals surface area contributed by atoms with Crippen LogP contribution in [0.1, 0.15) is 25.2 Å². The van der Waals surface area contributed by atoms with E-state index in [0.717, 1.165) is 27.9 Å². The number of hydrogen-bond acceptors (Lipinski definition) is 2. The molecular formula is C24H20N4O. The van der Waals surface area contributed by atoms with Gasteiger partial charge in [-0.05, 0) is 67.6 Å². The van der Waals surface area contributed by atoms with E-state index in [-0.39, 0.29) is 11.5 Å². The number of rotatable bonds is 2. The second kappa shape index (κ2) is 6.63. The van der Waals surface area contributed by atoms with Crippen molar-refractivity contribution in [3.05, 3.63) is 82.3 Å². The zero-order valence-corrected chi connectivity index (χ0v) is 16.0. The molecule has 8 bridgehead atoms. The Labute approximate surface area is 168 Å². The molecule has 4 aromatic rings. The van der Waals surface area contributed by atoms with Crippen LogP contribution in [0, 0.1) is 0 Å². The summed E-state index contributed by atoms with van der Waals surface area (Å²) in [7, 11) is 0. The Balaban J connectivity index is 2.03. The summed E-state index contributed by atoms with van der Waals surface area (Å²) in [6, 6.07) is 13.7. The summed E-state index contributed by atoms with van der Waals surface area (Å²) in [4.78, 5) is 24.6. The minimum absolute atomic E-state index is 0.164. The highest BCUT2D eigenvalue weighted by molar-refractivity contribution is 5.81. The Morgan fingerprint density at radius 2 is 1.76 bits per heavy atom. The predicted molar refractivity (Wildman–Crippen MR) is 121 cm³/mol. The molecule has 5 heteroatoms. The zero-order valence-electron chi connectivity index (χ0n) is 17.0. The monoisotopic (exact) mass is 381 g/mol. The van der Waals surface area contributed by atoms with Gasteiger partial charge >= 0.3 is 0 Å². The number of aryl methyl sites for hydroxylation is 1. The van der Waals surface area contributed by atoms with E-state index in [9.17, 15) is 4.79 Å². The van der Waals surface area contributed by atoms with Crippen molar-refractivity contribution in [2.24, 2.45) is 0 Å². The van der Waals surface area contributed by atoms with Crippen molar-refractivity contribution >= 4 is 51.3 Å². The molecule has 142 valence electrons. The molecule has 0 spiro atoms. The predicted octanol–water partition coefficient (Wildman–Crippen LogP) is 5.19. The van der Waals surface area contributed by atoms with Crippen molar-refractivity contribution in [3.63, 3.8) is 0 Å². The summed E-state index contributed by atoms with van der Waals surface area (Å²) in [5, 5.41) is 0. The average Bonchev–Trinajstić information content (AvgIpc) is 3.51. The Morgan fingerprint density at radius 3 is 2.52 bits per heavy atom. The molecule has 0 amide bonds. The third-order valence-electron chi connectivity index (χ3n) is 5.08. The minimum Gasteiger partial charge on any atom is -0.355 e. The quantitative estimate of drug-likeness (QED) is 0.442. The number of aromatic amines is 2. The molecule has 0 fully saturated rings. The molecule has 0 saturated heterocycles. The van der Waals surface area contributed by atoms with Gasteiger partial charge in [0.2, 0.25) is 5.43 Å². The summed E-state index contributed by atoms with van der Waals surface area (Å²) in [5.41, 5.74) is 6.20. The summed E-state index contributed by atoms with van der Waals surface area (Å²) < 4.78 is 10.5. The van der Waals surface area contributed by atoms with Crippen LogP contribution < -0.4 is 5.43 Å². The summed E-state index contributed by atoms with van der Waals surface area (Å²) in [6.45, 7) is 6.37. The number of fused-ring (bicyclic) bond motifs is 8. The van der Waals surface area contributed by atoms with Crippen molar-refractivity contribution < 1.29 is 1.37 Å². The van der Waals surface area contributed by atoms with E-state index in [1.807, 2.05) is 60.0 Å². The second-order valence-corrected chi connectivity index (χ2v) is 6.97. The molecule has 0 aromatic carbocycles. The van der Waals surface area contributed by atoms with Crippen LogP contribution in [0.5, 0.6) is 0 Å². The summed E-state index contributed by atoms with van der Waals surface area (Å²) in [6.07, 6.45) is 5.44. The highest BCUT2D eigenvalue weighted by Crippen LogP contribution is 2.20. The summed E-state index contributed by atoms with van der Waals surface area (Å²) >= 11 is 0. The van der Waals surface area contributed by atoms with Gasteiger partial charge in [-0.1, -0.05) is 12.7 Å². The molecule has 0 atom stereocenters. The van der Waals surface area contributed by atoms with Crippen molar-refractivity contribution in [3.8, 4) is 0 Å². The standard InChI is InChI=1S/C24H20N4O/c1-3-15-11-21-14-20-8-7-17(26-20)12-16-5-6-18(25-16)13-19-9-10-22(27-19)24(29)23(15)28(21)4-2/h3,5-14,25,27H,1,4H2,2H3/i11D. The topological polar surface area (TPSA) is 66.5 Å². The van der Waals surface area contributed by atoms with Crippen LogP contribution in [0.25, 0.3) is 51.3 Å². The van der Waals surface area contributed by atoms with E-state index in [1.165, 1.54) is 0 Å². The van der Waals surface area contributed by atoms with Crippen molar-refractivity contribution in [1.29, 1.82) is 0 Å². The molecule has 5 nitrogen and oxygen atoms in total. The van der Waals surface area contributed by atoms with Gasteiger partial charge < -0.3 is 14.5 Å². The van der Waals surface area contributed by atoms with Crippen LogP contribution >= 0.6 is 0 Å². The van der Waals surface area contributed by atoms with Gasteiger partial charge in [-0.25, -0.2) is 4.98 Å². The van der Waals surface area contributed by atoms with Crippen LogP contribution in [0.4, 0.5) is 0 Å². The molecule has 29 heavy (non-hydrogen) atoms. The van der Waals surface area contributed by atoms with Crippen LogP contribution in [0.15, 0.2) is 59.9 Å². The van der Waals surface area contributed by atoms with Gasteiger partial charge in [0.25, 0.3) is 0 Å². The lowest BCUT2D eigenvalue weighted by Gasteiger charge is -2.01. The van der Waals surface area contributed by atoms with Gasteiger partial charge in [0, 0.05) is 34.2 Å². The first-order chi connectivity index (χ1) is 14.6. The first-order valence-electron chi connectivity index (χ1n) is 10.0. The molecule has 0 radical (unpaired) electrons. The Hall–Kier alpha value is -3.86. The lowest BCUT2D eigenvalue weighted by atomic mass is 10.2. The van der Waals surface area contributed by atoms with Gasteiger partial charge in [-0.3, -0.25) is 4.79 Å². The zero-order chi connectivity index (χ0) is 20.8. The molecule has 1 aliphatic rings. The Kier molecular flexibility index (Phi) is 3.69. The molecule has 5 rings (SSSR count). The highest BCUT2D eigenvalue weighted by Gasteiger charge is 2.10. The fourth-order valence-corrected chi connectivity index (χ4v) is 3.74. The molecular weight excluding hydrogens is 360 g/mol. The van der Waals surface area contributed by atoms with Gasteiger partial charge in [0.05, 0.1) is 23.8 Å². The molecule has 2 N–H and O–H groups in total. The normalized spacial score (nSPS) is 12.4. The van der Waals surface area contributed by atoms with Crippen LogP contribution in [0.2, 0.25) is 0 Å². The van der Waals surface area contributed by atoms with Gasteiger partial charge in [0.1, 0.15) is 0 Å². The Morgan fingerprint density at radius 1 is 1.07 bits per heavy atom. The molecule has 0 saturated carbocycles. The minimum atomic E-state index is -0.164. The smallest absolute Gasteiger partial charge is 0.226 e. The first-order valence-corrected chi connectivity index (χ1v) is 9.53. The Bertz CT molecular complexity index is 1530. The fraction of sp³-hybridized carbons (Fsp3) is 0.0833. The average molecular weight is 381 g/mol. The number of hydrogen-bond donors (Lipinski definition) is 2. The van der Waals surface area contributed by atoms with E-state index in [0.29, 0.717) is 28.7 Å². The summed E-state index contributed by atoms with van der Waals surface area (Å²) in [5.74, 6) is 0. The number of H-pyrrole nitrogens is 2. The third-order valence-corrected chi connectivity index (χ3v) is 5.08. The molecule has 5 heterocycles. The van der Waals surface area contributed by atoms with Crippen molar-refractivity contribution in [1.82, 2.24) is 19.5 Å². The maximum absolute atomic E-state index is 13.4. The lowest BCUT2D eigenvalue weighted by Crippen LogP contribution is -2.07. The van der Waals surface area contributed by atoms with Crippen molar-refractivity contribution in [2.45, 2.75) is 13.5 Å². The molecule has 0 unspecified atom stereocenters. The molecule has 1 aliphatic heterocycles. The maximum atomic E-state index is 13.4. The number of nitrogens with one attached hydrogen (secondary N) is 2. The maximum Gasteiger partial charge on any atom is 0.226 e. The number of nitrogens with zero attached hydrogens (tertiary/aromatic N) is 2. The van der Waals surface area contributed by atoms with E-state index < -0.39 is 0 Å². The first kappa shape index (κ1) is 16.1. The van der Waals surface area contributed by atoms with E-state index in [1.54, 1.807) is 12.1 Å².